The molecule has 0 aliphatic heterocycles. The monoisotopic (exact) mass is 176 g/mol. The molecule has 4 N–H and O–H groups in total. The number of carbonyl (C=O) groups is 1. The van der Waals surface area contributed by atoms with Gasteiger partial charge in [-0.05, 0) is 18.2 Å². The molecule has 5 heteroatoms. The number of nitrogens with two attached hydrogens (primary N) is 1. The Morgan fingerprint density at radius 1 is 1.42 bits per heavy atom. The van der Waals surface area contributed by atoms with E-state index in [2.05, 4.69) is 0 Å². The first-order valence-electron chi connectivity index (χ1n) is 2.93. The normalized spacial score (nSPS) is 8.67. The Labute approximate surface area is 91.3 Å². The Morgan fingerprint density at radius 2 is 2.00 bits per heavy atom. The Kier molecular flexibility index (Phi) is 4.09. The molecule has 0 amide bonds. The summed E-state index contributed by atoms with van der Waals surface area (Å²) in [6, 6.07) is 3.89. The second-order valence-electron chi connectivity index (χ2n) is 2.08. The summed E-state index contributed by atoms with van der Waals surface area (Å²) in [4.78, 5) is 10.4. The van der Waals surface area contributed by atoms with Crippen molar-refractivity contribution in [1.29, 1.82) is 0 Å². The van der Waals surface area contributed by atoms with Crippen LogP contribution >= 0.6 is 0 Å². The van der Waals surface area contributed by atoms with Crippen LogP contribution in [0.5, 0.6) is 5.75 Å². The van der Waals surface area contributed by atoms with Crippen molar-refractivity contribution in [3.8, 4) is 5.75 Å². The number of anilines is 1. The molecule has 0 atom stereocenters. The molecule has 59 valence electrons. The molecule has 12 heavy (non-hydrogen) atoms. The predicted octanol–water partition coefficient (Wildman–Crippen LogP) is 0.292. The van der Waals surface area contributed by atoms with Crippen LogP contribution in [0.25, 0.3) is 0 Å². The van der Waals surface area contributed by atoms with Gasteiger partial charge in [0.1, 0.15) is 11.3 Å². The average Bonchev–Trinajstić information content (AvgIpc) is 1.94. The minimum atomic E-state index is -1.19. The van der Waals surface area contributed by atoms with Crippen LogP contribution in [0.3, 0.4) is 0 Å². The van der Waals surface area contributed by atoms with Gasteiger partial charge >= 0.3 is 5.97 Å². The first-order chi connectivity index (χ1) is 5.11. The SMILES string of the molecule is Nc1ccc(O)c(C(=O)O)c1.[Na]. The van der Waals surface area contributed by atoms with Crippen LogP contribution in [-0.2, 0) is 0 Å². The maximum absolute atomic E-state index is 10.4. The number of carboxylic acid groups (broad SMARTS) is 1. The Morgan fingerprint density at radius 3 is 2.42 bits per heavy atom. The van der Waals surface area contributed by atoms with E-state index in [1.54, 1.807) is 0 Å². The van der Waals surface area contributed by atoms with E-state index in [0.29, 0.717) is 5.69 Å². The van der Waals surface area contributed by atoms with Gasteiger partial charge in [0, 0.05) is 35.2 Å². The largest absolute Gasteiger partial charge is 0.507 e. The fourth-order valence-electron chi connectivity index (χ4n) is 0.725. The van der Waals surface area contributed by atoms with Crippen LogP contribution in [0, 0.1) is 0 Å². The number of carboxylic acids is 1. The molecular weight excluding hydrogens is 169 g/mol. The molecular formula is C7H7NNaO3. The molecule has 0 aliphatic carbocycles. The molecule has 0 fully saturated rings. The van der Waals surface area contributed by atoms with Crippen molar-refractivity contribution < 1.29 is 15.0 Å². The van der Waals surface area contributed by atoms with Crippen LogP contribution in [0.15, 0.2) is 18.2 Å². The van der Waals surface area contributed by atoms with E-state index >= 15 is 0 Å². The van der Waals surface area contributed by atoms with Gasteiger partial charge in [-0.3, -0.25) is 0 Å². The van der Waals surface area contributed by atoms with Gasteiger partial charge in [0.25, 0.3) is 0 Å². The number of hydrogen-bond donors (Lipinski definition) is 3. The number of aromatic carboxylic acids is 1. The summed E-state index contributed by atoms with van der Waals surface area (Å²) in [6.45, 7) is 0. The standard InChI is InChI=1S/C7H7NO3.Na/c8-4-1-2-6(9)5(3-4)7(10)11;/h1-3,9H,8H2,(H,10,11);. The molecule has 0 spiro atoms. The number of rotatable bonds is 1. The van der Waals surface area contributed by atoms with E-state index in [1.807, 2.05) is 0 Å². The van der Waals surface area contributed by atoms with E-state index in [9.17, 15) is 4.79 Å². The minimum Gasteiger partial charge on any atom is -0.507 e. The summed E-state index contributed by atoms with van der Waals surface area (Å²) in [6.07, 6.45) is 0. The molecule has 4 nitrogen and oxygen atoms in total. The topological polar surface area (TPSA) is 83.5 Å². The average molecular weight is 176 g/mol. The van der Waals surface area contributed by atoms with Gasteiger partial charge in [0.2, 0.25) is 0 Å². The van der Waals surface area contributed by atoms with Crippen molar-refractivity contribution in [2.24, 2.45) is 0 Å². The van der Waals surface area contributed by atoms with Gasteiger partial charge in [-0.15, -0.1) is 0 Å². The van der Waals surface area contributed by atoms with E-state index in [4.69, 9.17) is 15.9 Å². The molecule has 0 saturated heterocycles. The summed E-state index contributed by atoms with van der Waals surface area (Å²) in [7, 11) is 0. The van der Waals surface area contributed by atoms with Crippen LogP contribution < -0.4 is 5.73 Å². The zero-order valence-corrected chi connectivity index (χ0v) is 8.61. The quantitative estimate of drug-likeness (QED) is 0.326. The van der Waals surface area contributed by atoms with Gasteiger partial charge in [-0.25, -0.2) is 4.79 Å². The van der Waals surface area contributed by atoms with Crippen molar-refractivity contribution in [3.05, 3.63) is 23.8 Å². The third kappa shape index (κ3) is 2.41. The van der Waals surface area contributed by atoms with Gasteiger partial charge in [-0.1, -0.05) is 0 Å². The fraction of sp³-hybridized carbons (Fsp3) is 0. The molecule has 0 unspecified atom stereocenters. The molecule has 1 radical (unpaired) electrons. The zero-order chi connectivity index (χ0) is 8.43. The summed E-state index contributed by atoms with van der Waals surface area (Å²) in [5, 5.41) is 17.4. The number of nitrogen functional groups attached to an aromatic ring is 1. The van der Waals surface area contributed by atoms with Gasteiger partial charge < -0.3 is 15.9 Å². The van der Waals surface area contributed by atoms with E-state index in [1.165, 1.54) is 18.2 Å². The summed E-state index contributed by atoms with van der Waals surface area (Å²) in [5.41, 5.74) is 5.43. The van der Waals surface area contributed by atoms with Crippen LogP contribution in [0.2, 0.25) is 0 Å². The Hall–Kier alpha value is -0.710. The van der Waals surface area contributed by atoms with E-state index in [-0.39, 0.29) is 40.9 Å². The summed E-state index contributed by atoms with van der Waals surface area (Å²) < 4.78 is 0. The molecule has 0 heterocycles. The smallest absolute Gasteiger partial charge is 0.339 e. The third-order valence-electron chi connectivity index (χ3n) is 1.25. The van der Waals surface area contributed by atoms with Crippen molar-refractivity contribution in [2.75, 3.05) is 5.73 Å². The molecule has 1 aromatic rings. The number of phenols is 1. The van der Waals surface area contributed by atoms with Crippen molar-refractivity contribution in [2.45, 2.75) is 0 Å². The number of benzene rings is 1. The van der Waals surface area contributed by atoms with Crippen molar-refractivity contribution in [1.82, 2.24) is 0 Å². The van der Waals surface area contributed by atoms with Gasteiger partial charge in [0.15, 0.2) is 0 Å². The summed E-state index contributed by atoms with van der Waals surface area (Å²) in [5.74, 6) is -1.46. The van der Waals surface area contributed by atoms with E-state index < -0.39 is 5.97 Å². The molecule has 0 aromatic heterocycles. The fourth-order valence-corrected chi connectivity index (χ4v) is 0.725. The minimum absolute atomic E-state index is 0. The summed E-state index contributed by atoms with van der Waals surface area (Å²) >= 11 is 0. The van der Waals surface area contributed by atoms with Crippen LogP contribution in [-0.4, -0.2) is 45.7 Å². The molecule has 1 aromatic carbocycles. The molecule has 0 bridgehead atoms. The predicted molar refractivity (Wildman–Crippen MR) is 45.2 cm³/mol. The Balaban J connectivity index is 0.00000121. The first-order valence-corrected chi connectivity index (χ1v) is 2.93. The zero-order valence-electron chi connectivity index (χ0n) is 6.61. The van der Waals surface area contributed by atoms with Crippen molar-refractivity contribution in [3.63, 3.8) is 0 Å². The number of hydrogen-bond acceptors (Lipinski definition) is 3. The van der Waals surface area contributed by atoms with Gasteiger partial charge in [0.05, 0.1) is 0 Å². The maximum atomic E-state index is 10.4. The first kappa shape index (κ1) is 11.3. The third-order valence-corrected chi connectivity index (χ3v) is 1.25. The van der Waals surface area contributed by atoms with Crippen molar-refractivity contribution >= 4 is 41.2 Å². The van der Waals surface area contributed by atoms with Crippen LogP contribution in [0.1, 0.15) is 10.4 Å². The second kappa shape index (κ2) is 4.35. The Bertz CT molecular complexity index is 301. The maximum Gasteiger partial charge on any atom is 0.339 e. The molecule has 0 saturated carbocycles. The van der Waals surface area contributed by atoms with E-state index in [0.717, 1.165) is 0 Å². The number of aromatic hydroxyl groups is 1. The molecule has 1 rings (SSSR count). The van der Waals surface area contributed by atoms with Crippen LogP contribution in [0.4, 0.5) is 5.69 Å². The second-order valence-corrected chi connectivity index (χ2v) is 2.08. The van der Waals surface area contributed by atoms with Gasteiger partial charge in [-0.2, -0.15) is 0 Å². The molecule has 0 aliphatic rings.